The number of rotatable bonds is 1. The van der Waals surface area contributed by atoms with Crippen LogP contribution in [0.4, 0.5) is 0 Å². The molecule has 18 atom stereocenters. The molecule has 0 aromatic carbocycles. The Morgan fingerprint density at radius 1 is 0.493 bits per heavy atom. The van der Waals surface area contributed by atoms with E-state index < -0.39 is 0 Å². The first kappa shape index (κ1) is 49.8. The molecule has 12 aliphatic carbocycles. The highest BCUT2D eigenvalue weighted by Gasteiger charge is 2.68. The van der Waals surface area contributed by atoms with Crippen LogP contribution in [0.2, 0.25) is 0 Å². The second kappa shape index (κ2) is 17.8. The van der Waals surface area contributed by atoms with Gasteiger partial charge in [0.1, 0.15) is 5.78 Å². The zero-order valence-corrected chi connectivity index (χ0v) is 44.7. The topological polar surface area (TPSA) is 143 Å². The van der Waals surface area contributed by atoms with Crippen molar-refractivity contribution in [3.63, 3.8) is 0 Å². The quantitative estimate of drug-likeness (QED) is 0.115. The summed E-state index contributed by atoms with van der Waals surface area (Å²) in [5.41, 5.74) is 14.8. The van der Waals surface area contributed by atoms with Crippen molar-refractivity contribution in [1.29, 1.82) is 0 Å². The molecule has 3 unspecified atom stereocenters. The van der Waals surface area contributed by atoms with Crippen molar-refractivity contribution < 1.29 is 34.0 Å². The van der Waals surface area contributed by atoms with Crippen molar-refractivity contribution in [3.05, 3.63) is 45.4 Å². The van der Waals surface area contributed by atoms with Crippen LogP contribution in [0.25, 0.3) is 10.4 Å². The Bertz CT molecular complexity index is 2240. The maximum Gasteiger partial charge on any atom is 0.174 e. The average molecular weight is 978 g/mol. The number of aliphatic hydroxyl groups excluding tert-OH is 2. The Hall–Kier alpha value is -2.04. The SMILES string of the molecule is C[C@]12CCC(N=[N+]=[N-])CC1=CC[C@@H]1[C@@H]2CC[C@@]2(C)[C@H]1CCC21OCCO1.C[C@]12CCC(O)CC1=CC[C@@H]1[C@@H]2CC[C@@]2(C)[C@H]1CCC21OCCO1.C[C@]12CCC(O)CC1=CC[C@@H]1[C@@H]2CC[C@]2(C)C(=O)CC[C@@H]12. The van der Waals surface area contributed by atoms with Gasteiger partial charge in [-0.15, -0.1) is 0 Å². The second-order valence-electron chi connectivity index (χ2n) is 28.0. The number of allylic oxidation sites excluding steroid dienone is 3. The Balaban J connectivity index is 0.000000110. The molecule has 2 spiro atoms. The van der Waals surface area contributed by atoms with Gasteiger partial charge in [-0.25, -0.2) is 0 Å². The minimum Gasteiger partial charge on any atom is -0.393 e. The molecule has 2 N–H and O–H groups in total. The van der Waals surface area contributed by atoms with Gasteiger partial charge >= 0.3 is 0 Å². The van der Waals surface area contributed by atoms with Gasteiger partial charge in [0.2, 0.25) is 0 Å². The van der Waals surface area contributed by atoms with Crippen LogP contribution in [0.15, 0.2) is 40.1 Å². The van der Waals surface area contributed by atoms with Crippen molar-refractivity contribution in [2.24, 2.45) is 90.9 Å². The summed E-state index contributed by atoms with van der Waals surface area (Å²) in [6.45, 7) is 17.7. The number of nitrogens with zero attached hydrogens (tertiary/aromatic N) is 3. The second-order valence-corrected chi connectivity index (χ2v) is 28.0. The van der Waals surface area contributed by atoms with Gasteiger partial charge in [0.15, 0.2) is 11.6 Å². The molecule has 0 radical (unpaired) electrons. The van der Waals surface area contributed by atoms with Crippen LogP contribution >= 0.6 is 0 Å². The lowest BCUT2D eigenvalue weighted by Gasteiger charge is -2.58. The number of fused-ring (bicyclic) bond motifs is 17. The van der Waals surface area contributed by atoms with Crippen LogP contribution in [0, 0.1) is 85.8 Å². The third-order valence-corrected chi connectivity index (χ3v) is 25.8. The molecule has 14 aliphatic rings. The molecule has 2 saturated heterocycles. The lowest BCUT2D eigenvalue weighted by Crippen LogP contribution is -2.55. The maximum absolute atomic E-state index is 12.4. The van der Waals surface area contributed by atoms with Gasteiger partial charge in [0.05, 0.1) is 38.6 Å². The Kier molecular flexibility index (Phi) is 12.5. The summed E-state index contributed by atoms with van der Waals surface area (Å²) in [4.78, 5) is 15.4. The van der Waals surface area contributed by atoms with Gasteiger partial charge in [0, 0.05) is 46.5 Å². The van der Waals surface area contributed by atoms with Crippen molar-refractivity contribution in [3.8, 4) is 0 Å². The predicted molar refractivity (Wildman–Crippen MR) is 274 cm³/mol. The molecule has 14 rings (SSSR count). The van der Waals surface area contributed by atoms with Gasteiger partial charge in [-0.1, -0.05) is 81.6 Å². The minimum absolute atomic E-state index is 0.0168. The zero-order chi connectivity index (χ0) is 49.4. The molecule has 71 heavy (non-hydrogen) atoms. The van der Waals surface area contributed by atoms with Gasteiger partial charge in [-0.2, -0.15) is 0 Å². The highest BCUT2D eigenvalue weighted by Crippen LogP contribution is 2.71. The third-order valence-electron chi connectivity index (χ3n) is 25.8. The largest absolute Gasteiger partial charge is 0.393 e. The molecule has 0 bridgehead atoms. The van der Waals surface area contributed by atoms with E-state index in [2.05, 4.69) is 69.8 Å². The first-order valence-corrected chi connectivity index (χ1v) is 29.5. The number of ether oxygens (including phenoxy) is 4. The maximum atomic E-state index is 12.4. The molecular formula is C61H91N3O7. The Labute approximate surface area is 426 Å². The van der Waals surface area contributed by atoms with E-state index in [0.717, 1.165) is 145 Å². The van der Waals surface area contributed by atoms with E-state index in [9.17, 15) is 15.0 Å². The summed E-state index contributed by atoms with van der Waals surface area (Å²) in [7, 11) is 0. The molecule has 392 valence electrons. The fourth-order valence-corrected chi connectivity index (χ4v) is 21.6. The minimum atomic E-state index is -0.299. The normalized spacial score (nSPS) is 51.3. The molecule has 9 saturated carbocycles. The fraction of sp³-hybridized carbons (Fsp3) is 0.885. The van der Waals surface area contributed by atoms with E-state index in [0.29, 0.717) is 39.8 Å². The first-order valence-electron chi connectivity index (χ1n) is 29.5. The summed E-state index contributed by atoms with van der Waals surface area (Å²) in [5.74, 6) is 6.56. The van der Waals surface area contributed by atoms with Crippen LogP contribution in [-0.4, -0.2) is 72.2 Å². The Morgan fingerprint density at radius 3 is 1.34 bits per heavy atom. The lowest BCUT2D eigenvalue weighted by atomic mass is 9.47. The molecule has 2 aliphatic heterocycles. The Morgan fingerprint density at radius 2 is 0.873 bits per heavy atom. The molecular weight excluding hydrogens is 887 g/mol. The average Bonchev–Trinajstić information content (AvgIpc) is 4.20. The standard InChI is InChI=1S/C21H31N3O2.C21H32O3.C19H28O2/c1-19-8-5-15(23-24-22)13-14(19)3-4-16-17(19)6-9-20(2)18(16)7-10-21(20)25-11-12-26-21;1-19-8-5-15(22)13-14(19)3-4-16-17(19)6-9-20(2)18(16)7-10-21(20)23-11-12-24-21;1-18-9-7-13(20)11-12(18)3-4-14-15-5-6-17(21)19(15,2)10-8-16(14)18/h3,15-18H,4-13H2,1-2H3;3,15-18,22H,4-13H2,1-2H3;3,13-16,20H,4-11H2,1-2H3/t2*15?,16-,17+,18+,19+,20+;13?,14-,15-,16-,18-,19-/m110/s1. The summed E-state index contributed by atoms with van der Waals surface area (Å²) >= 11 is 0. The van der Waals surface area contributed by atoms with E-state index in [1.54, 1.807) is 11.1 Å². The number of aliphatic hydroxyl groups is 2. The monoisotopic (exact) mass is 978 g/mol. The van der Waals surface area contributed by atoms with Crippen molar-refractivity contribution in [1.82, 2.24) is 0 Å². The van der Waals surface area contributed by atoms with E-state index in [1.807, 2.05) is 0 Å². The van der Waals surface area contributed by atoms with E-state index in [4.69, 9.17) is 24.5 Å². The van der Waals surface area contributed by atoms with Crippen LogP contribution in [0.3, 0.4) is 0 Å². The van der Waals surface area contributed by atoms with Crippen LogP contribution in [-0.2, 0) is 23.7 Å². The van der Waals surface area contributed by atoms with Gasteiger partial charge < -0.3 is 29.2 Å². The smallest absolute Gasteiger partial charge is 0.174 e. The highest BCUT2D eigenvalue weighted by atomic mass is 16.7. The van der Waals surface area contributed by atoms with Crippen LogP contribution in [0.1, 0.15) is 196 Å². The fourth-order valence-electron chi connectivity index (χ4n) is 21.6. The molecule has 0 aromatic rings. The molecule has 2 heterocycles. The molecule has 10 nitrogen and oxygen atoms in total. The van der Waals surface area contributed by atoms with Crippen LogP contribution in [0.5, 0.6) is 0 Å². The molecule has 11 fully saturated rings. The number of carbonyl (C=O) groups is 1. The van der Waals surface area contributed by atoms with Gasteiger partial charge in [-0.3, -0.25) is 4.79 Å². The number of ketones is 1. The predicted octanol–water partition coefficient (Wildman–Crippen LogP) is 13.3. The lowest BCUT2D eigenvalue weighted by molar-refractivity contribution is -0.242. The third kappa shape index (κ3) is 7.32. The number of Topliss-reactive ketones (excluding diaryl/α,β-unsaturated/α-hetero) is 1. The first-order chi connectivity index (χ1) is 34.0. The van der Waals surface area contributed by atoms with Crippen molar-refractivity contribution in [2.45, 2.75) is 225 Å². The number of carbonyl (C=O) groups excluding carboxylic acids is 1. The number of hydrogen-bond acceptors (Lipinski definition) is 8. The van der Waals surface area contributed by atoms with E-state index in [-0.39, 0.29) is 46.1 Å². The summed E-state index contributed by atoms with van der Waals surface area (Å²) < 4.78 is 24.9. The number of hydrogen-bond donors (Lipinski definition) is 2. The summed E-state index contributed by atoms with van der Waals surface area (Å²) in [5, 5.41) is 24.1. The zero-order valence-electron chi connectivity index (χ0n) is 44.7. The molecule has 10 heteroatoms. The van der Waals surface area contributed by atoms with Gasteiger partial charge in [0.25, 0.3) is 0 Å². The summed E-state index contributed by atoms with van der Waals surface area (Å²) in [6, 6.07) is 0.166. The highest BCUT2D eigenvalue weighted by molar-refractivity contribution is 5.87. The van der Waals surface area contributed by atoms with E-state index in [1.165, 1.54) is 76.2 Å². The number of azide groups is 1. The molecule has 0 amide bonds. The van der Waals surface area contributed by atoms with Gasteiger partial charge in [-0.05, 0) is 210 Å². The van der Waals surface area contributed by atoms with E-state index >= 15 is 0 Å². The van der Waals surface area contributed by atoms with Crippen molar-refractivity contribution in [2.75, 3.05) is 26.4 Å². The van der Waals surface area contributed by atoms with Crippen molar-refractivity contribution >= 4 is 5.78 Å². The summed E-state index contributed by atoms with van der Waals surface area (Å²) in [6.07, 6.45) is 34.0. The van der Waals surface area contributed by atoms with Crippen LogP contribution < -0.4 is 0 Å². The molecule has 0 aromatic heterocycles.